The number of rotatable bonds is 5. The molecular weight excluding hydrogens is 468 g/mol. The van der Waals surface area contributed by atoms with Crippen molar-refractivity contribution in [2.45, 2.75) is 19.0 Å². The molecule has 4 aromatic rings. The number of aromatic nitrogens is 4. The molecule has 1 aliphatic rings. The summed E-state index contributed by atoms with van der Waals surface area (Å²) in [6, 6.07) is 8.39. The van der Waals surface area contributed by atoms with E-state index in [0.717, 1.165) is 0 Å². The Morgan fingerprint density at radius 1 is 1.06 bits per heavy atom. The standard InChI is InChI=1S/C23H20F4N6O2/c24-14-2-4-15-18(10-14)30-19(29-15)5-7-28-20(34)13-6-8-33(11-13)21(35)12-1-3-16-17(9-12)32-22(31-16)23(25,26)27/h1-4,9-10,13H,5-8,11H2,(H,28,34)(H,29,30)(H,31,32). The lowest BCUT2D eigenvalue weighted by Crippen LogP contribution is -2.35. The van der Waals surface area contributed by atoms with Crippen molar-refractivity contribution in [2.24, 2.45) is 5.92 Å². The van der Waals surface area contributed by atoms with Crippen LogP contribution in [0.15, 0.2) is 36.4 Å². The summed E-state index contributed by atoms with van der Waals surface area (Å²) >= 11 is 0. The molecule has 2 aromatic carbocycles. The fraction of sp³-hybridized carbons (Fsp3) is 0.304. The molecule has 182 valence electrons. The van der Waals surface area contributed by atoms with Crippen LogP contribution in [0.1, 0.15) is 28.4 Å². The average molecular weight is 488 g/mol. The van der Waals surface area contributed by atoms with E-state index in [4.69, 9.17) is 0 Å². The van der Waals surface area contributed by atoms with Crippen LogP contribution in [0.5, 0.6) is 0 Å². The molecular formula is C23H20F4N6O2. The molecule has 3 N–H and O–H groups in total. The lowest BCUT2D eigenvalue weighted by Gasteiger charge is -2.16. The molecule has 2 amide bonds. The first kappa shape index (κ1) is 22.8. The molecule has 1 fully saturated rings. The van der Waals surface area contributed by atoms with Crippen molar-refractivity contribution >= 4 is 33.9 Å². The predicted molar refractivity (Wildman–Crippen MR) is 118 cm³/mol. The molecule has 1 aliphatic heterocycles. The summed E-state index contributed by atoms with van der Waals surface area (Å²) in [5.74, 6) is -1.81. The van der Waals surface area contributed by atoms with Gasteiger partial charge in [-0.15, -0.1) is 0 Å². The average Bonchev–Trinajstić information content (AvgIpc) is 3.55. The lowest BCUT2D eigenvalue weighted by atomic mass is 10.1. The van der Waals surface area contributed by atoms with E-state index in [2.05, 4.69) is 25.3 Å². The number of likely N-dealkylation sites (tertiary alicyclic amines) is 1. The van der Waals surface area contributed by atoms with E-state index < -0.39 is 17.9 Å². The predicted octanol–water partition coefficient (Wildman–Crippen LogP) is 3.42. The third-order valence-corrected chi connectivity index (χ3v) is 6.00. The van der Waals surface area contributed by atoms with Gasteiger partial charge >= 0.3 is 6.18 Å². The van der Waals surface area contributed by atoms with Gasteiger partial charge in [-0.05, 0) is 42.8 Å². The number of imidazole rings is 2. The first-order valence-corrected chi connectivity index (χ1v) is 11.0. The van der Waals surface area contributed by atoms with Gasteiger partial charge < -0.3 is 20.2 Å². The minimum absolute atomic E-state index is 0.113. The number of benzene rings is 2. The molecule has 3 heterocycles. The zero-order chi connectivity index (χ0) is 24.7. The van der Waals surface area contributed by atoms with Crippen molar-refractivity contribution in [3.05, 3.63) is 59.4 Å². The van der Waals surface area contributed by atoms with Gasteiger partial charge in [-0.2, -0.15) is 13.2 Å². The second-order valence-corrected chi connectivity index (χ2v) is 8.44. The highest BCUT2D eigenvalue weighted by atomic mass is 19.4. The molecule has 5 rings (SSSR count). The fourth-order valence-corrected chi connectivity index (χ4v) is 4.22. The number of fused-ring (bicyclic) bond motifs is 2. The van der Waals surface area contributed by atoms with Crippen LogP contribution in [0.3, 0.4) is 0 Å². The van der Waals surface area contributed by atoms with Crippen LogP contribution < -0.4 is 5.32 Å². The minimum Gasteiger partial charge on any atom is -0.355 e. The van der Waals surface area contributed by atoms with E-state index in [1.807, 2.05) is 0 Å². The van der Waals surface area contributed by atoms with E-state index in [0.29, 0.717) is 42.8 Å². The second-order valence-electron chi connectivity index (χ2n) is 8.44. The molecule has 0 aliphatic carbocycles. The van der Waals surface area contributed by atoms with Crippen LogP contribution in [0.25, 0.3) is 22.1 Å². The molecule has 2 aromatic heterocycles. The highest BCUT2D eigenvalue weighted by Gasteiger charge is 2.35. The van der Waals surface area contributed by atoms with Crippen molar-refractivity contribution in [1.82, 2.24) is 30.2 Å². The minimum atomic E-state index is -4.61. The zero-order valence-electron chi connectivity index (χ0n) is 18.2. The number of carbonyl (C=O) groups excluding carboxylic acids is 2. The molecule has 8 nitrogen and oxygen atoms in total. The van der Waals surface area contributed by atoms with Crippen molar-refractivity contribution in [1.29, 1.82) is 0 Å². The molecule has 1 atom stereocenters. The number of nitrogens with zero attached hydrogens (tertiary/aromatic N) is 3. The molecule has 1 unspecified atom stereocenters. The Labute approximate surface area is 195 Å². The molecule has 12 heteroatoms. The molecule has 0 saturated carbocycles. The number of alkyl halides is 3. The maximum absolute atomic E-state index is 13.3. The second kappa shape index (κ2) is 8.67. The Balaban J connectivity index is 1.16. The van der Waals surface area contributed by atoms with E-state index in [1.165, 1.54) is 35.2 Å². The van der Waals surface area contributed by atoms with Crippen molar-refractivity contribution in [2.75, 3.05) is 19.6 Å². The van der Waals surface area contributed by atoms with Crippen LogP contribution >= 0.6 is 0 Å². The molecule has 0 radical (unpaired) electrons. The van der Waals surface area contributed by atoms with Gasteiger partial charge in [0.2, 0.25) is 11.7 Å². The van der Waals surface area contributed by atoms with Gasteiger partial charge in [0.05, 0.1) is 28.0 Å². The summed E-state index contributed by atoms with van der Waals surface area (Å²) in [6.45, 7) is 0.897. The highest BCUT2D eigenvalue weighted by Crippen LogP contribution is 2.29. The number of aromatic amines is 2. The van der Waals surface area contributed by atoms with Gasteiger partial charge in [0, 0.05) is 31.6 Å². The number of amides is 2. The largest absolute Gasteiger partial charge is 0.449 e. The Hall–Kier alpha value is -3.96. The summed E-state index contributed by atoms with van der Waals surface area (Å²) in [5, 5.41) is 2.84. The van der Waals surface area contributed by atoms with Crippen molar-refractivity contribution < 1.29 is 27.2 Å². The van der Waals surface area contributed by atoms with Crippen LogP contribution in [0.4, 0.5) is 17.6 Å². The highest BCUT2D eigenvalue weighted by molar-refractivity contribution is 5.98. The maximum atomic E-state index is 13.3. The Morgan fingerprint density at radius 3 is 2.60 bits per heavy atom. The lowest BCUT2D eigenvalue weighted by molar-refractivity contribution is -0.144. The van der Waals surface area contributed by atoms with Gasteiger partial charge in [0.15, 0.2) is 0 Å². The molecule has 0 spiro atoms. The van der Waals surface area contributed by atoms with Crippen LogP contribution in [-0.4, -0.2) is 56.3 Å². The quantitative estimate of drug-likeness (QED) is 0.374. The third-order valence-electron chi connectivity index (χ3n) is 6.00. The summed E-state index contributed by atoms with van der Waals surface area (Å²) in [6.07, 6.45) is -3.70. The number of carbonyl (C=O) groups is 2. The van der Waals surface area contributed by atoms with Gasteiger partial charge in [-0.1, -0.05) is 0 Å². The van der Waals surface area contributed by atoms with E-state index in [9.17, 15) is 27.2 Å². The smallest absolute Gasteiger partial charge is 0.355 e. The third kappa shape index (κ3) is 4.68. The van der Waals surface area contributed by atoms with Crippen molar-refractivity contribution in [3.63, 3.8) is 0 Å². The number of halogens is 4. The number of hydrogen-bond donors (Lipinski definition) is 3. The van der Waals surface area contributed by atoms with Gasteiger partial charge in [-0.3, -0.25) is 9.59 Å². The normalized spacial score (nSPS) is 16.3. The Bertz CT molecular complexity index is 1430. The summed E-state index contributed by atoms with van der Waals surface area (Å²) < 4.78 is 51.9. The maximum Gasteiger partial charge on any atom is 0.449 e. The van der Waals surface area contributed by atoms with Crippen LogP contribution in [0, 0.1) is 11.7 Å². The first-order chi connectivity index (χ1) is 16.7. The first-order valence-electron chi connectivity index (χ1n) is 11.0. The fourth-order valence-electron chi connectivity index (χ4n) is 4.22. The summed E-state index contributed by atoms with van der Waals surface area (Å²) in [7, 11) is 0. The summed E-state index contributed by atoms with van der Waals surface area (Å²) in [4.78, 5) is 40.0. The van der Waals surface area contributed by atoms with Crippen molar-refractivity contribution in [3.8, 4) is 0 Å². The van der Waals surface area contributed by atoms with Gasteiger partial charge in [-0.25, -0.2) is 14.4 Å². The monoisotopic (exact) mass is 488 g/mol. The number of H-pyrrole nitrogens is 2. The summed E-state index contributed by atoms with van der Waals surface area (Å²) in [5.41, 5.74) is 1.67. The number of nitrogens with one attached hydrogen (secondary N) is 3. The number of hydrogen-bond acceptors (Lipinski definition) is 4. The Morgan fingerprint density at radius 2 is 1.80 bits per heavy atom. The van der Waals surface area contributed by atoms with Gasteiger partial charge in [0.25, 0.3) is 5.91 Å². The molecule has 35 heavy (non-hydrogen) atoms. The molecule has 0 bridgehead atoms. The van der Waals surface area contributed by atoms with Crippen LogP contribution in [-0.2, 0) is 17.4 Å². The van der Waals surface area contributed by atoms with Gasteiger partial charge in [0.1, 0.15) is 11.6 Å². The van der Waals surface area contributed by atoms with Crippen LogP contribution in [0.2, 0.25) is 0 Å². The van der Waals surface area contributed by atoms with E-state index in [1.54, 1.807) is 6.07 Å². The van der Waals surface area contributed by atoms with E-state index >= 15 is 0 Å². The van der Waals surface area contributed by atoms with E-state index in [-0.39, 0.29) is 40.8 Å². The zero-order valence-corrected chi connectivity index (χ0v) is 18.2. The SMILES string of the molecule is O=C(NCCc1nc2ccc(F)cc2[nH]1)C1CCN(C(=O)c2ccc3nc(C(F)(F)F)[nH]c3c2)C1. The topological polar surface area (TPSA) is 107 Å². The Kier molecular flexibility index (Phi) is 5.65. The molecule has 1 saturated heterocycles.